The van der Waals surface area contributed by atoms with Crippen molar-refractivity contribution in [3.05, 3.63) is 59.7 Å². The van der Waals surface area contributed by atoms with Crippen LogP contribution in [0.1, 0.15) is 24.1 Å². The third-order valence-corrected chi connectivity index (χ3v) is 3.07. The number of rotatable bonds is 3. The molecule has 2 aromatic rings. The van der Waals surface area contributed by atoms with Gasteiger partial charge >= 0.3 is 6.03 Å². The van der Waals surface area contributed by atoms with Gasteiger partial charge in [0, 0.05) is 11.4 Å². The Kier molecular flexibility index (Phi) is 4.25. The Labute approximate surface area is 119 Å². The fourth-order valence-corrected chi connectivity index (χ4v) is 1.91. The molecule has 0 heterocycles. The Morgan fingerprint density at radius 1 is 1.15 bits per heavy atom. The van der Waals surface area contributed by atoms with E-state index >= 15 is 0 Å². The van der Waals surface area contributed by atoms with Crippen LogP contribution in [-0.4, -0.2) is 6.03 Å². The standard InChI is InChI=1S/C16H19N3O/c1-11-6-8-15(9-7-11)19-16(20)18-12(2)13-4-3-5-14(17)10-13/h3-10,12H,17H2,1-2H3,(H2,18,19,20). The van der Waals surface area contributed by atoms with Gasteiger partial charge in [0.1, 0.15) is 0 Å². The van der Waals surface area contributed by atoms with Crippen molar-refractivity contribution in [2.24, 2.45) is 0 Å². The summed E-state index contributed by atoms with van der Waals surface area (Å²) in [4.78, 5) is 11.9. The molecule has 0 aromatic heterocycles. The fraction of sp³-hybridized carbons (Fsp3) is 0.188. The summed E-state index contributed by atoms with van der Waals surface area (Å²) in [6, 6.07) is 14.8. The molecule has 0 radical (unpaired) electrons. The monoisotopic (exact) mass is 269 g/mol. The first kappa shape index (κ1) is 13.9. The molecular formula is C16H19N3O. The fourth-order valence-electron chi connectivity index (χ4n) is 1.91. The zero-order valence-electron chi connectivity index (χ0n) is 11.7. The number of carbonyl (C=O) groups is 1. The molecule has 0 saturated heterocycles. The number of nitrogen functional groups attached to an aromatic ring is 1. The predicted molar refractivity (Wildman–Crippen MR) is 82.6 cm³/mol. The third kappa shape index (κ3) is 3.75. The average molecular weight is 269 g/mol. The summed E-state index contributed by atoms with van der Waals surface area (Å²) in [5.41, 5.74) is 9.33. The van der Waals surface area contributed by atoms with E-state index in [1.807, 2.05) is 62.4 Å². The van der Waals surface area contributed by atoms with Gasteiger partial charge < -0.3 is 16.4 Å². The van der Waals surface area contributed by atoms with Crippen molar-refractivity contribution in [1.29, 1.82) is 0 Å². The Hall–Kier alpha value is -2.49. The number of carbonyl (C=O) groups excluding carboxylic acids is 1. The second-order valence-corrected chi connectivity index (χ2v) is 4.86. The van der Waals surface area contributed by atoms with Crippen molar-refractivity contribution < 1.29 is 4.79 Å². The van der Waals surface area contributed by atoms with Crippen LogP contribution in [0.2, 0.25) is 0 Å². The second-order valence-electron chi connectivity index (χ2n) is 4.86. The third-order valence-electron chi connectivity index (χ3n) is 3.07. The van der Waals surface area contributed by atoms with Gasteiger partial charge in [-0.3, -0.25) is 0 Å². The zero-order valence-corrected chi connectivity index (χ0v) is 11.7. The molecule has 0 aliphatic rings. The van der Waals surface area contributed by atoms with Crippen LogP contribution in [0.25, 0.3) is 0 Å². The van der Waals surface area contributed by atoms with Crippen LogP contribution < -0.4 is 16.4 Å². The minimum absolute atomic E-state index is 0.107. The van der Waals surface area contributed by atoms with Crippen molar-refractivity contribution in [3.63, 3.8) is 0 Å². The molecule has 2 rings (SSSR count). The van der Waals surface area contributed by atoms with Gasteiger partial charge in [-0.15, -0.1) is 0 Å². The van der Waals surface area contributed by atoms with Gasteiger partial charge in [-0.05, 0) is 43.7 Å². The van der Waals surface area contributed by atoms with Crippen LogP contribution >= 0.6 is 0 Å². The highest BCUT2D eigenvalue weighted by Gasteiger charge is 2.09. The van der Waals surface area contributed by atoms with Crippen molar-refractivity contribution in [2.45, 2.75) is 19.9 Å². The molecule has 4 nitrogen and oxygen atoms in total. The molecule has 104 valence electrons. The summed E-state index contributed by atoms with van der Waals surface area (Å²) in [7, 11) is 0. The molecule has 20 heavy (non-hydrogen) atoms. The number of anilines is 2. The Bertz CT molecular complexity index is 593. The maximum atomic E-state index is 11.9. The highest BCUT2D eigenvalue weighted by atomic mass is 16.2. The molecule has 2 amide bonds. The summed E-state index contributed by atoms with van der Waals surface area (Å²) in [6.45, 7) is 3.93. The number of hydrogen-bond acceptors (Lipinski definition) is 2. The van der Waals surface area contributed by atoms with E-state index in [9.17, 15) is 4.79 Å². The Morgan fingerprint density at radius 3 is 2.50 bits per heavy atom. The van der Waals surface area contributed by atoms with Gasteiger partial charge in [-0.2, -0.15) is 0 Å². The molecule has 0 fully saturated rings. The molecule has 0 spiro atoms. The zero-order chi connectivity index (χ0) is 14.5. The molecule has 4 heteroatoms. The highest BCUT2D eigenvalue weighted by molar-refractivity contribution is 5.89. The Morgan fingerprint density at radius 2 is 1.85 bits per heavy atom. The summed E-state index contributed by atoms with van der Waals surface area (Å²) in [6.07, 6.45) is 0. The van der Waals surface area contributed by atoms with E-state index in [1.165, 1.54) is 0 Å². The molecule has 1 atom stereocenters. The molecule has 1 unspecified atom stereocenters. The minimum Gasteiger partial charge on any atom is -0.399 e. The SMILES string of the molecule is Cc1ccc(NC(=O)NC(C)c2cccc(N)c2)cc1. The van der Waals surface area contributed by atoms with Crippen LogP contribution in [0.4, 0.5) is 16.2 Å². The predicted octanol–water partition coefficient (Wildman–Crippen LogP) is 3.46. The summed E-state index contributed by atoms with van der Waals surface area (Å²) in [5.74, 6) is 0. The molecule has 0 aliphatic carbocycles. The lowest BCUT2D eigenvalue weighted by atomic mass is 10.1. The number of urea groups is 1. The maximum absolute atomic E-state index is 11.9. The van der Waals surface area contributed by atoms with Crippen LogP contribution in [0, 0.1) is 6.92 Å². The van der Waals surface area contributed by atoms with Crippen LogP contribution in [0.5, 0.6) is 0 Å². The first-order valence-electron chi connectivity index (χ1n) is 6.54. The lowest BCUT2D eigenvalue weighted by Crippen LogP contribution is -2.31. The van der Waals surface area contributed by atoms with Crippen molar-refractivity contribution in [2.75, 3.05) is 11.1 Å². The van der Waals surface area contributed by atoms with Crippen LogP contribution in [0.15, 0.2) is 48.5 Å². The number of hydrogen-bond donors (Lipinski definition) is 3. The van der Waals surface area contributed by atoms with E-state index in [1.54, 1.807) is 0 Å². The van der Waals surface area contributed by atoms with E-state index in [2.05, 4.69) is 10.6 Å². The van der Waals surface area contributed by atoms with E-state index in [0.717, 1.165) is 16.8 Å². The van der Waals surface area contributed by atoms with E-state index in [4.69, 9.17) is 5.73 Å². The number of nitrogens with two attached hydrogens (primary N) is 1. The van der Waals surface area contributed by atoms with Gasteiger partial charge in [0.25, 0.3) is 0 Å². The van der Waals surface area contributed by atoms with Crippen LogP contribution in [-0.2, 0) is 0 Å². The summed E-state index contributed by atoms with van der Waals surface area (Å²) < 4.78 is 0. The first-order chi connectivity index (χ1) is 9.54. The molecule has 0 aliphatic heterocycles. The summed E-state index contributed by atoms with van der Waals surface area (Å²) in [5, 5.41) is 5.68. The van der Waals surface area contributed by atoms with Crippen molar-refractivity contribution in [1.82, 2.24) is 5.32 Å². The smallest absolute Gasteiger partial charge is 0.319 e. The number of aryl methyl sites for hydroxylation is 1. The minimum atomic E-state index is -0.233. The number of amides is 2. The first-order valence-corrected chi connectivity index (χ1v) is 6.54. The van der Waals surface area contributed by atoms with Crippen molar-refractivity contribution in [3.8, 4) is 0 Å². The summed E-state index contributed by atoms with van der Waals surface area (Å²) >= 11 is 0. The maximum Gasteiger partial charge on any atom is 0.319 e. The van der Waals surface area contributed by atoms with Gasteiger partial charge in [0.15, 0.2) is 0 Å². The van der Waals surface area contributed by atoms with Gasteiger partial charge in [0.2, 0.25) is 0 Å². The number of nitrogens with one attached hydrogen (secondary N) is 2. The van der Waals surface area contributed by atoms with Crippen LogP contribution in [0.3, 0.4) is 0 Å². The second kappa shape index (κ2) is 6.10. The van der Waals surface area contributed by atoms with E-state index in [-0.39, 0.29) is 12.1 Å². The number of benzene rings is 2. The molecule has 4 N–H and O–H groups in total. The topological polar surface area (TPSA) is 67.2 Å². The molecule has 0 bridgehead atoms. The molecular weight excluding hydrogens is 250 g/mol. The van der Waals surface area contributed by atoms with Crippen molar-refractivity contribution >= 4 is 17.4 Å². The molecule has 0 saturated carbocycles. The lowest BCUT2D eigenvalue weighted by molar-refractivity contribution is 0.249. The van der Waals surface area contributed by atoms with Gasteiger partial charge in [-0.1, -0.05) is 29.8 Å². The van der Waals surface area contributed by atoms with Gasteiger partial charge in [0.05, 0.1) is 6.04 Å². The highest BCUT2D eigenvalue weighted by Crippen LogP contribution is 2.15. The average Bonchev–Trinajstić information content (AvgIpc) is 2.41. The lowest BCUT2D eigenvalue weighted by Gasteiger charge is -2.15. The molecule has 2 aromatic carbocycles. The normalized spacial score (nSPS) is 11.7. The van der Waals surface area contributed by atoms with Gasteiger partial charge in [-0.25, -0.2) is 4.79 Å². The quantitative estimate of drug-likeness (QED) is 0.747. The van der Waals surface area contributed by atoms with E-state index < -0.39 is 0 Å². The Balaban J connectivity index is 1.95. The van der Waals surface area contributed by atoms with E-state index in [0.29, 0.717) is 5.69 Å². The largest absolute Gasteiger partial charge is 0.399 e.